The van der Waals surface area contributed by atoms with Crippen LogP contribution in [0.25, 0.3) is 6.08 Å². The molecule has 0 bridgehead atoms. The maximum atomic E-state index is 12.8. The van der Waals surface area contributed by atoms with E-state index in [1.807, 2.05) is 41.8 Å². The third-order valence-electron chi connectivity index (χ3n) is 5.33. The Morgan fingerprint density at radius 1 is 0.967 bits per heavy atom. The fourth-order valence-electron chi connectivity index (χ4n) is 3.86. The number of ketones is 1. The first-order valence-corrected chi connectivity index (χ1v) is 10.6. The van der Waals surface area contributed by atoms with Gasteiger partial charge in [0.05, 0.1) is 17.7 Å². The van der Waals surface area contributed by atoms with Crippen molar-refractivity contribution in [2.24, 2.45) is 0 Å². The molecule has 3 aromatic rings. The van der Waals surface area contributed by atoms with E-state index < -0.39 is 0 Å². The van der Waals surface area contributed by atoms with Crippen molar-refractivity contribution < 1.29 is 23.7 Å². The number of carbonyl (C=O) groups excluding carboxylic acids is 1. The summed E-state index contributed by atoms with van der Waals surface area (Å²) in [5.74, 6) is 3.06. The number of allylic oxidation sites excluding steroid dienone is 1. The monoisotopic (exact) mass is 419 g/mol. The van der Waals surface area contributed by atoms with Gasteiger partial charge in [0.2, 0.25) is 5.78 Å². The second-order valence-corrected chi connectivity index (χ2v) is 8.15. The van der Waals surface area contributed by atoms with Crippen molar-refractivity contribution in [1.29, 1.82) is 0 Å². The Bertz CT molecular complexity index is 1180. The van der Waals surface area contributed by atoms with Crippen LogP contribution < -0.4 is 23.8 Å². The molecular weight excluding hydrogens is 402 g/mol. The Kier molecular flexibility index (Phi) is 3.95. The summed E-state index contributed by atoms with van der Waals surface area (Å²) in [7, 11) is 0. The van der Waals surface area contributed by atoms with Gasteiger partial charge < -0.3 is 23.8 Å². The molecule has 0 fully saturated rings. The Morgan fingerprint density at radius 2 is 1.83 bits per heavy atom. The Morgan fingerprint density at radius 3 is 2.70 bits per heavy atom. The molecule has 0 radical (unpaired) electrons. The second kappa shape index (κ2) is 6.81. The molecule has 30 heavy (non-hydrogen) atoms. The van der Waals surface area contributed by atoms with Gasteiger partial charge in [-0.1, -0.05) is 6.07 Å². The van der Waals surface area contributed by atoms with Crippen LogP contribution in [-0.2, 0) is 6.54 Å². The summed E-state index contributed by atoms with van der Waals surface area (Å²) in [6.07, 6.45) is 1.79. The maximum absolute atomic E-state index is 12.8. The van der Waals surface area contributed by atoms with Crippen LogP contribution in [0.5, 0.6) is 23.0 Å². The van der Waals surface area contributed by atoms with Crippen molar-refractivity contribution in [2.45, 2.75) is 6.54 Å². The number of fused-ring (bicyclic) bond motifs is 4. The molecule has 0 spiro atoms. The summed E-state index contributed by atoms with van der Waals surface area (Å²) in [4.78, 5) is 15.9. The molecule has 6 nitrogen and oxygen atoms in total. The van der Waals surface area contributed by atoms with E-state index in [4.69, 9.17) is 18.9 Å². The van der Waals surface area contributed by atoms with Gasteiger partial charge in [-0.05, 0) is 35.7 Å². The lowest BCUT2D eigenvalue weighted by molar-refractivity contribution is 0.101. The number of Topliss-reactive ketones (excluding diaryl/α,β-unsaturated/α-hetero) is 1. The van der Waals surface area contributed by atoms with Crippen molar-refractivity contribution in [3.63, 3.8) is 0 Å². The molecule has 0 saturated heterocycles. The van der Waals surface area contributed by atoms with Crippen LogP contribution in [0.15, 0.2) is 53.6 Å². The van der Waals surface area contributed by atoms with Crippen LogP contribution in [0, 0.1) is 0 Å². The molecular formula is C23H17NO5S. The van der Waals surface area contributed by atoms with Crippen molar-refractivity contribution in [3.05, 3.63) is 69.6 Å². The average molecular weight is 419 g/mol. The number of ether oxygens (including phenoxy) is 4. The van der Waals surface area contributed by atoms with Gasteiger partial charge in [0.25, 0.3) is 0 Å². The number of hydrogen-bond acceptors (Lipinski definition) is 7. The van der Waals surface area contributed by atoms with E-state index in [9.17, 15) is 4.79 Å². The molecule has 150 valence electrons. The van der Waals surface area contributed by atoms with Gasteiger partial charge in [-0.2, -0.15) is 0 Å². The fourth-order valence-corrected chi connectivity index (χ4v) is 4.50. The summed E-state index contributed by atoms with van der Waals surface area (Å²) in [6, 6.07) is 13.4. The van der Waals surface area contributed by atoms with Crippen LogP contribution in [-0.4, -0.2) is 25.7 Å². The zero-order valence-electron chi connectivity index (χ0n) is 15.9. The van der Waals surface area contributed by atoms with E-state index >= 15 is 0 Å². The minimum Gasteiger partial charge on any atom is -0.486 e. The average Bonchev–Trinajstić information content (AvgIpc) is 3.41. The zero-order valence-corrected chi connectivity index (χ0v) is 16.7. The van der Waals surface area contributed by atoms with Gasteiger partial charge in [0, 0.05) is 22.7 Å². The molecule has 4 heterocycles. The number of nitrogens with zero attached hydrogens (tertiary/aromatic N) is 1. The normalized spacial score (nSPS) is 17.9. The highest BCUT2D eigenvalue weighted by molar-refractivity contribution is 7.10. The van der Waals surface area contributed by atoms with Crippen molar-refractivity contribution in [2.75, 3.05) is 24.8 Å². The van der Waals surface area contributed by atoms with Crippen molar-refractivity contribution >= 4 is 28.9 Å². The van der Waals surface area contributed by atoms with Crippen LogP contribution in [0.4, 0.5) is 5.69 Å². The first-order chi connectivity index (χ1) is 14.8. The van der Waals surface area contributed by atoms with E-state index in [0.717, 1.165) is 33.4 Å². The Balaban J connectivity index is 1.33. The Hall–Kier alpha value is -3.45. The molecule has 7 heteroatoms. The number of carbonyl (C=O) groups is 1. The summed E-state index contributed by atoms with van der Waals surface area (Å²) < 4.78 is 23.3. The quantitative estimate of drug-likeness (QED) is 0.571. The maximum Gasteiger partial charge on any atom is 0.232 e. The molecule has 6 rings (SSSR count). The number of hydrogen-bond donors (Lipinski definition) is 0. The molecule has 1 aromatic heterocycles. The summed E-state index contributed by atoms with van der Waals surface area (Å²) in [6.45, 7) is 2.07. The third kappa shape index (κ3) is 2.81. The summed E-state index contributed by atoms with van der Waals surface area (Å²) in [5, 5.41) is 1.97. The SMILES string of the molecule is O=C1/C(=C/c2cccs2)Oc2c1ccc1c2CN(c2ccc3c(c2)OCCO3)CO1. The standard InChI is InChI=1S/C23H17NO5S/c25-22-16-4-6-18-17(23(16)29-21(22)11-15-2-1-9-30-15)12-24(13-28-18)14-3-5-19-20(10-14)27-8-7-26-19/h1-6,9-11H,7-8,12-13H2/b21-11-. The predicted octanol–water partition coefficient (Wildman–Crippen LogP) is 4.49. The van der Waals surface area contributed by atoms with Crippen LogP contribution in [0.3, 0.4) is 0 Å². The first kappa shape index (κ1) is 17.4. The molecule has 0 amide bonds. The van der Waals surface area contributed by atoms with Gasteiger partial charge in [-0.3, -0.25) is 4.79 Å². The zero-order chi connectivity index (χ0) is 20.1. The molecule has 0 aliphatic carbocycles. The topological polar surface area (TPSA) is 57.2 Å². The highest BCUT2D eigenvalue weighted by Gasteiger charge is 2.34. The predicted molar refractivity (Wildman–Crippen MR) is 113 cm³/mol. The molecule has 3 aliphatic rings. The fraction of sp³-hybridized carbons (Fsp3) is 0.174. The second-order valence-electron chi connectivity index (χ2n) is 7.17. The third-order valence-corrected chi connectivity index (χ3v) is 6.15. The van der Waals surface area contributed by atoms with E-state index in [-0.39, 0.29) is 5.78 Å². The minimum atomic E-state index is -0.0994. The van der Waals surface area contributed by atoms with Crippen molar-refractivity contribution in [1.82, 2.24) is 0 Å². The Labute approximate surface area is 176 Å². The molecule has 3 aliphatic heterocycles. The van der Waals surface area contributed by atoms with E-state index in [1.165, 1.54) is 0 Å². The summed E-state index contributed by atoms with van der Waals surface area (Å²) >= 11 is 1.56. The van der Waals surface area contributed by atoms with Gasteiger partial charge in [-0.25, -0.2) is 0 Å². The van der Waals surface area contributed by atoms with Gasteiger partial charge in [-0.15, -0.1) is 11.3 Å². The molecule has 0 atom stereocenters. The van der Waals surface area contributed by atoms with E-state index in [1.54, 1.807) is 23.5 Å². The van der Waals surface area contributed by atoms with Gasteiger partial charge >= 0.3 is 0 Å². The van der Waals surface area contributed by atoms with Crippen LogP contribution >= 0.6 is 11.3 Å². The minimum absolute atomic E-state index is 0.0994. The highest BCUT2D eigenvalue weighted by Crippen LogP contribution is 2.43. The lowest BCUT2D eigenvalue weighted by Gasteiger charge is -2.32. The molecule has 0 unspecified atom stereocenters. The number of thiophene rings is 1. The van der Waals surface area contributed by atoms with E-state index in [2.05, 4.69) is 4.90 Å². The van der Waals surface area contributed by atoms with Crippen LogP contribution in [0.2, 0.25) is 0 Å². The number of rotatable bonds is 2. The molecule has 2 aromatic carbocycles. The van der Waals surface area contributed by atoms with E-state index in [0.29, 0.717) is 43.6 Å². The smallest absolute Gasteiger partial charge is 0.232 e. The lowest BCUT2D eigenvalue weighted by Crippen LogP contribution is -2.32. The number of anilines is 1. The van der Waals surface area contributed by atoms with Crippen molar-refractivity contribution in [3.8, 4) is 23.0 Å². The first-order valence-electron chi connectivity index (χ1n) is 9.67. The highest BCUT2D eigenvalue weighted by atomic mass is 32.1. The number of benzene rings is 2. The summed E-state index contributed by atoms with van der Waals surface area (Å²) in [5.41, 5.74) is 2.40. The lowest BCUT2D eigenvalue weighted by atomic mass is 10.0. The molecule has 0 N–H and O–H groups in total. The molecule has 0 saturated carbocycles. The largest absolute Gasteiger partial charge is 0.486 e. The van der Waals surface area contributed by atoms with Gasteiger partial charge in [0.15, 0.2) is 24.0 Å². The van der Waals surface area contributed by atoms with Gasteiger partial charge in [0.1, 0.15) is 24.7 Å². The van der Waals surface area contributed by atoms with Crippen LogP contribution in [0.1, 0.15) is 20.8 Å².